The van der Waals surface area contributed by atoms with Gasteiger partial charge in [0.2, 0.25) is 0 Å². The van der Waals surface area contributed by atoms with Gasteiger partial charge in [0.25, 0.3) is 5.91 Å². The molecule has 1 unspecified atom stereocenters. The van der Waals surface area contributed by atoms with Crippen molar-refractivity contribution in [1.29, 1.82) is 0 Å². The molecule has 6 heteroatoms. The van der Waals surface area contributed by atoms with E-state index in [0.29, 0.717) is 11.3 Å². The van der Waals surface area contributed by atoms with Crippen LogP contribution in [0.25, 0.3) is 10.2 Å². The Balaban J connectivity index is 1.67. The zero-order valence-corrected chi connectivity index (χ0v) is 14.1. The van der Waals surface area contributed by atoms with Crippen LogP contribution in [0.4, 0.5) is 5.69 Å². The molecule has 3 rings (SSSR count). The second-order valence-corrected chi connectivity index (χ2v) is 6.27. The fourth-order valence-electron chi connectivity index (χ4n) is 2.21. The highest BCUT2D eigenvalue weighted by Crippen LogP contribution is 2.20. The van der Waals surface area contributed by atoms with Gasteiger partial charge in [-0.1, -0.05) is 18.2 Å². The molecular formula is C18H16N2O3S. The summed E-state index contributed by atoms with van der Waals surface area (Å²) in [5.41, 5.74) is 4.61. The number of hydrogen-bond donors (Lipinski definition) is 1. The lowest BCUT2D eigenvalue weighted by atomic mass is 10.2. The Morgan fingerprint density at radius 3 is 2.79 bits per heavy atom. The van der Waals surface area contributed by atoms with Crippen LogP contribution in [0.2, 0.25) is 0 Å². The Bertz CT molecular complexity index is 904. The maximum absolute atomic E-state index is 12.2. The molecule has 0 aliphatic rings. The topological polar surface area (TPSA) is 68.3 Å². The molecule has 1 N–H and O–H groups in total. The summed E-state index contributed by atoms with van der Waals surface area (Å²) in [5, 5.41) is 2.77. The highest BCUT2D eigenvalue weighted by Gasteiger charge is 2.19. The van der Waals surface area contributed by atoms with Gasteiger partial charge in [0, 0.05) is 5.69 Å². The van der Waals surface area contributed by atoms with Gasteiger partial charge in [-0.25, -0.2) is 9.78 Å². The van der Waals surface area contributed by atoms with Gasteiger partial charge in [0.05, 0.1) is 21.3 Å². The SMILES string of the molecule is Cc1ccccc1NC(=O)C(C)OC(=O)c1ccc2ncsc2c1. The van der Waals surface area contributed by atoms with E-state index in [1.165, 1.54) is 11.3 Å². The molecule has 0 aliphatic carbocycles. The third kappa shape index (κ3) is 3.44. The van der Waals surface area contributed by atoms with E-state index in [1.54, 1.807) is 36.7 Å². The van der Waals surface area contributed by atoms with Crippen molar-refractivity contribution in [2.75, 3.05) is 5.32 Å². The summed E-state index contributed by atoms with van der Waals surface area (Å²) in [5.74, 6) is -0.894. The molecule has 24 heavy (non-hydrogen) atoms. The van der Waals surface area contributed by atoms with Crippen molar-refractivity contribution < 1.29 is 14.3 Å². The van der Waals surface area contributed by atoms with Crippen LogP contribution >= 0.6 is 11.3 Å². The number of nitrogens with zero attached hydrogens (tertiary/aromatic N) is 1. The molecule has 0 bridgehead atoms. The number of para-hydroxylation sites is 1. The molecule has 0 fully saturated rings. The fraction of sp³-hybridized carbons (Fsp3) is 0.167. The summed E-state index contributed by atoms with van der Waals surface area (Å²) in [7, 11) is 0. The van der Waals surface area contributed by atoms with Crippen molar-refractivity contribution in [1.82, 2.24) is 4.98 Å². The number of benzene rings is 2. The Kier molecular flexibility index (Phi) is 4.57. The number of hydrogen-bond acceptors (Lipinski definition) is 5. The van der Waals surface area contributed by atoms with Gasteiger partial charge in [-0.3, -0.25) is 4.79 Å². The molecule has 1 amide bonds. The van der Waals surface area contributed by atoms with Crippen molar-refractivity contribution in [2.45, 2.75) is 20.0 Å². The van der Waals surface area contributed by atoms with Crippen molar-refractivity contribution >= 4 is 39.1 Å². The van der Waals surface area contributed by atoms with Crippen LogP contribution < -0.4 is 5.32 Å². The van der Waals surface area contributed by atoms with Crippen molar-refractivity contribution in [2.24, 2.45) is 0 Å². The number of rotatable bonds is 4. The zero-order valence-electron chi connectivity index (χ0n) is 13.3. The summed E-state index contributed by atoms with van der Waals surface area (Å²) < 4.78 is 6.17. The van der Waals surface area contributed by atoms with Gasteiger partial charge in [0.15, 0.2) is 6.10 Å². The Hall–Kier alpha value is -2.73. The first kappa shape index (κ1) is 16.1. The van der Waals surface area contributed by atoms with E-state index in [1.807, 2.05) is 25.1 Å². The number of aryl methyl sites for hydroxylation is 1. The molecule has 0 saturated carbocycles. The number of nitrogens with one attached hydrogen (secondary N) is 1. The molecule has 122 valence electrons. The van der Waals surface area contributed by atoms with Crippen LogP contribution in [0, 0.1) is 6.92 Å². The lowest BCUT2D eigenvalue weighted by Gasteiger charge is -2.14. The average Bonchev–Trinajstić information content (AvgIpc) is 3.04. The molecule has 0 aliphatic heterocycles. The molecular weight excluding hydrogens is 324 g/mol. The maximum atomic E-state index is 12.2. The first-order valence-corrected chi connectivity index (χ1v) is 8.33. The summed E-state index contributed by atoms with van der Waals surface area (Å²) >= 11 is 1.45. The third-order valence-electron chi connectivity index (χ3n) is 3.62. The summed E-state index contributed by atoms with van der Waals surface area (Å²) in [6.07, 6.45) is -0.894. The predicted octanol–water partition coefficient (Wildman–Crippen LogP) is 3.79. The number of ether oxygens (including phenoxy) is 1. The number of carbonyl (C=O) groups excluding carboxylic acids is 2. The summed E-state index contributed by atoms with van der Waals surface area (Å²) in [4.78, 5) is 28.6. The van der Waals surface area contributed by atoms with Crippen molar-refractivity contribution in [3.63, 3.8) is 0 Å². The van der Waals surface area contributed by atoms with E-state index in [-0.39, 0.29) is 5.91 Å². The van der Waals surface area contributed by atoms with Gasteiger partial charge >= 0.3 is 5.97 Å². The van der Waals surface area contributed by atoms with Crippen LogP contribution in [0.3, 0.4) is 0 Å². The molecule has 3 aromatic rings. The van der Waals surface area contributed by atoms with Gasteiger partial charge in [-0.2, -0.15) is 0 Å². The van der Waals surface area contributed by atoms with Crippen LogP contribution in [0.1, 0.15) is 22.8 Å². The second kappa shape index (κ2) is 6.80. The van der Waals surface area contributed by atoms with Gasteiger partial charge in [-0.05, 0) is 43.7 Å². The minimum atomic E-state index is -0.894. The molecule has 2 aromatic carbocycles. The second-order valence-electron chi connectivity index (χ2n) is 5.39. The lowest BCUT2D eigenvalue weighted by molar-refractivity contribution is -0.123. The molecule has 0 radical (unpaired) electrons. The maximum Gasteiger partial charge on any atom is 0.338 e. The number of aromatic nitrogens is 1. The molecule has 0 spiro atoms. The van der Waals surface area contributed by atoms with Crippen LogP contribution in [0.15, 0.2) is 48.0 Å². The van der Waals surface area contributed by atoms with Crippen LogP contribution in [0.5, 0.6) is 0 Å². The minimum Gasteiger partial charge on any atom is -0.449 e. The van der Waals surface area contributed by atoms with E-state index >= 15 is 0 Å². The molecule has 0 saturated heterocycles. The number of fused-ring (bicyclic) bond motifs is 1. The largest absolute Gasteiger partial charge is 0.449 e. The fourth-order valence-corrected chi connectivity index (χ4v) is 2.93. The lowest BCUT2D eigenvalue weighted by Crippen LogP contribution is -2.30. The predicted molar refractivity (Wildman–Crippen MR) is 94.3 cm³/mol. The first-order valence-electron chi connectivity index (χ1n) is 7.45. The van der Waals surface area contributed by atoms with Crippen molar-refractivity contribution in [3.8, 4) is 0 Å². The standard InChI is InChI=1S/C18H16N2O3S/c1-11-5-3-4-6-14(11)20-17(21)12(2)23-18(22)13-7-8-15-16(9-13)24-10-19-15/h3-10,12H,1-2H3,(H,20,21). The van der Waals surface area contributed by atoms with E-state index in [9.17, 15) is 9.59 Å². The summed E-state index contributed by atoms with van der Waals surface area (Å²) in [6.45, 7) is 3.45. The molecule has 1 heterocycles. The number of carbonyl (C=O) groups is 2. The Morgan fingerprint density at radius 2 is 2.00 bits per heavy atom. The normalized spacial score (nSPS) is 11.9. The van der Waals surface area contributed by atoms with Crippen molar-refractivity contribution in [3.05, 3.63) is 59.1 Å². The highest BCUT2D eigenvalue weighted by molar-refractivity contribution is 7.16. The van der Waals surface area contributed by atoms with E-state index < -0.39 is 12.1 Å². The number of amides is 1. The molecule has 1 aromatic heterocycles. The molecule has 1 atom stereocenters. The quantitative estimate of drug-likeness (QED) is 0.734. The van der Waals surface area contributed by atoms with Gasteiger partial charge in [0.1, 0.15) is 0 Å². The van der Waals surface area contributed by atoms with E-state index in [4.69, 9.17) is 4.74 Å². The Morgan fingerprint density at radius 1 is 1.21 bits per heavy atom. The summed E-state index contributed by atoms with van der Waals surface area (Å²) in [6, 6.07) is 12.6. The van der Waals surface area contributed by atoms with Crippen LogP contribution in [-0.4, -0.2) is 23.0 Å². The highest BCUT2D eigenvalue weighted by atomic mass is 32.1. The monoisotopic (exact) mass is 340 g/mol. The smallest absolute Gasteiger partial charge is 0.338 e. The average molecular weight is 340 g/mol. The number of esters is 1. The third-order valence-corrected chi connectivity index (χ3v) is 4.41. The van der Waals surface area contributed by atoms with Gasteiger partial charge < -0.3 is 10.1 Å². The van der Waals surface area contributed by atoms with E-state index in [0.717, 1.165) is 15.8 Å². The molecule has 5 nitrogen and oxygen atoms in total. The zero-order chi connectivity index (χ0) is 17.1. The number of anilines is 1. The minimum absolute atomic E-state index is 0.364. The van der Waals surface area contributed by atoms with E-state index in [2.05, 4.69) is 10.3 Å². The Labute approximate surface area is 143 Å². The number of thiazole rings is 1. The van der Waals surface area contributed by atoms with Gasteiger partial charge in [-0.15, -0.1) is 11.3 Å². The van der Waals surface area contributed by atoms with Crippen LogP contribution in [-0.2, 0) is 9.53 Å². The first-order chi connectivity index (χ1) is 11.5.